The summed E-state index contributed by atoms with van der Waals surface area (Å²) in [4.78, 5) is 23.8. The quantitative estimate of drug-likeness (QED) is 0.720. The predicted octanol–water partition coefficient (Wildman–Crippen LogP) is 1.44. The zero-order valence-corrected chi connectivity index (χ0v) is 13.7. The van der Waals surface area contributed by atoms with Gasteiger partial charge in [-0.05, 0) is 24.1 Å². The third-order valence-corrected chi connectivity index (χ3v) is 3.65. The van der Waals surface area contributed by atoms with Crippen LogP contribution in [0.5, 0.6) is 0 Å². The summed E-state index contributed by atoms with van der Waals surface area (Å²) >= 11 is 0. The molecule has 0 aliphatic heterocycles. The minimum Gasteiger partial charge on any atom is -0.391 e. The van der Waals surface area contributed by atoms with Crippen LogP contribution >= 0.6 is 0 Å². The molecule has 1 atom stereocenters. The summed E-state index contributed by atoms with van der Waals surface area (Å²) in [6.45, 7) is 1.87. The van der Waals surface area contributed by atoms with Gasteiger partial charge in [0.25, 0.3) is 5.91 Å². The molecular formula is C19H22N2O3. The molecule has 5 heteroatoms. The Bertz CT molecular complexity index is 686. The van der Waals surface area contributed by atoms with E-state index < -0.39 is 6.10 Å². The van der Waals surface area contributed by atoms with E-state index in [9.17, 15) is 14.7 Å². The Morgan fingerprint density at radius 1 is 1.00 bits per heavy atom. The van der Waals surface area contributed by atoms with Crippen LogP contribution in [0, 0.1) is 6.92 Å². The third kappa shape index (κ3) is 5.52. The molecule has 0 heterocycles. The van der Waals surface area contributed by atoms with E-state index in [2.05, 4.69) is 10.6 Å². The Morgan fingerprint density at radius 3 is 2.38 bits per heavy atom. The van der Waals surface area contributed by atoms with Crippen molar-refractivity contribution in [3.05, 3.63) is 71.3 Å². The highest BCUT2D eigenvalue weighted by atomic mass is 16.3. The van der Waals surface area contributed by atoms with Crippen LogP contribution in [0.1, 0.15) is 21.5 Å². The molecule has 0 radical (unpaired) electrons. The molecule has 2 rings (SSSR count). The monoisotopic (exact) mass is 326 g/mol. The first kappa shape index (κ1) is 17.7. The lowest BCUT2D eigenvalue weighted by atomic mass is 10.1. The SMILES string of the molecule is Cc1ccccc1C(=O)NCC(=O)NCC(O)Cc1ccccc1. The number of aliphatic hydroxyl groups is 1. The second kappa shape index (κ2) is 8.84. The molecule has 1 unspecified atom stereocenters. The Kier molecular flexibility index (Phi) is 6.51. The van der Waals surface area contributed by atoms with Gasteiger partial charge in [0.2, 0.25) is 5.91 Å². The molecule has 24 heavy (non-hydrogen) atoms. The molecule has 0 spiro atoms. The Morgan fingerprint density at radius 2 is 1.67 bits per heavy atom. The van der Waals surface area contributed by atoms with Crippen LogP contribution in [-0.4, -0.2) is 36.1 Å². The number of rotatable bonds is 7. The Hall–Kier alpha value is -2.66. The number of carbonyl (C=O) groups excluding carboxylic acids is 2. The van der Waals surface area contributed by atoms with Crippen LogP contribution in [0.2, 0.25) is 0 Å². The number of benzene rings is 2. The number of hydrogen-bond donors (Lipinski definition) is 3. The molecule has 2 aromatic carbocycles. The Balaban J connectivity index is 1.71. The van der Waals surface area contributed by atoms with Crippen molar-refractivity contribution in [1.82, 2.24) is 10.6 Å². The van der Waals surface area contributed by atoms with Crippen molar-refractivity contribution in [1.29, 1.82) is 0 Å². The molecular weight excluding hydrogens is 304 g/mol. The first-order chi connectivity index (χ1) is 11.6. The summed E-state index contributed by atoms with van der Waals surface area (Å²) in [6.07, 6.45) is -0.195. The van der Waals surface area contributed by atoms with Crippen molar-refractivity contribution in [3.63, 3.8) is 0 Å². The molecule has 0 aromatic heterocycles. The molecule has 126 valence electrons. The highest BCUT2D eigenvalue weighted by molar-refractivity contribution is 5.97. The molecule has 0 saturated carbocycles. The lowest BCUT2D eigenvalue weighted by Gasteiger charge is -2.12. The van der Waals surface area contributed by atoms with Gasteiger partial charge >= 0.3 is 0 Å². The zero-order chi connectivity index (χ0) is 17.4. The molecule has 5 nitrogen and oxygen atoms in total. The van der Waals surface area contributed by atoms with E-state index in [1.807, 2.05) is 49.4 Å². The van der Waals surface area contributed by atoms with E-state index in [1.165, 1.54) is 0 Å². The minimum atomic E-state index is -0.664. The first-order valence-electron chi connectivity index (χ1n) is 7.89. The van der Waals surface area contributed by atoms with Gasteiger partial charge < -0.3 is 15.7 Å². The van der Waals surface area contributed by atoms with Crippen LogP contribution in [0.25, 0.3) is 0 Å². The third-order valence-electron chi connectivity index (χ3n) is 3.65. The van der Waals surface area contributed by atoms with Gasteiger partial charge in [0.1, 0.15) is 0 Å². The van der Waals surface area contributed by atoms with Crippen molar-refractivity contribution >= 4 is 11.8 Å². The fraction of sp³-hybridized carbons (Fsp3) is 0.263. The number of amides is 2. The molecule has 2 amide bonds. The summed E-state index contributed by atoms with van der Waals surface area (Å²) < 4.78 is 0. The van der Waals surface area contributed by atoms with Crippen LogP contribution in [-0.2, 0) is 11.2 Å². The van der Waals surface area contributed by atoms with Gasteiger partial charge in [0.15, 0.2) is 0 Å². The van der Waals surface area contributed by atoms with Crippen molar-refractivity contribution in [2.75, 3.05) is 13.1 Å². The molecule has 0 fully saturated rings. The van der Waals surface area contributed by atoms with Gasteiger partial charge in [0.05, 0.1) is 12.6 Å². The second-order valence-corrected chi connectivity index (χ2v) is 5.65. The van der Waals surface area contributed by atoms with E-state index in [-0.39, 0.29) is 24.9 Å². The maximum absolute atomic E-state index is 12.0. The number of aliphatic hydroxyl groups excluding tert-OH is 1. The minimum absolute atomic E-state index is 0.120. The normalized spacial score (nSPS) is 11.6. The fourth-order valence-corrected chi connectivity index (χ4v) is 2.34. The van der Waals surface area contributed by atoms with E-state index >= 15 is 0 Å². The van der Waals surface area contributed by atoms with Gasteiger partial charge in [-0.2, -0.15) is 0 Å². The molecule has 0 saturated heterocycles. The maximum Gasteiger partial charge on any atom is 0.251 e. The smallest absolute Gasteiger partial charge is 0.251 e. The summed E-state index contributed by atoms with van der Waals surface area (Å²) in [7, 11) is 0. The van der Waals surface area contributed by atoms with Crippen molar-refractivity contribution in [2.24, 2.45) is 0 Å². The fourth-order valence-electron chi connectivity index (χ4n) is 2.34. The number of nitrogens with one attached hydrogen (secondary N) is 2. The van der Waals surface area contributed by atoms with Crippen LogP contribution in [0.3, 0.4) is 0 Å². The van der Waals surface area contributed by atoms with E-state index in [0.29, 0.717) is 12.0 Å². The van der Waals surface area contributed by atoms with Crippen LogP contribution in [0.15, 0.2) is 54.6 Å². The molecule has 3 N–H and O–H groups in total. The van der Waals surface area contributed by atoms with Gasteiger partial charge in [-0.1, -0.05) is 48.5 Å². The molecule has 0 bridgehead atoms. The number of aryl methyl sites for hydroxylation is 1. The van der Waals surface area contributed by atoms with Gasteiger partial charge in [-0.3, -0.25) is 9.59 Å². The molecule has 0 aliphatic rings. The maximum atomic E-state index is 12.0. The van der Waals surface area contributed by atoms with E-state index in [1.54, 1.807) is 12.1 Å². The van der Waals surface area contributed by atoms with Gasteiger partial charge in [-0.25, -0.2) is 0 Å². The van der Waals surface area contributed by atoms with Gasteiger partial charge in [0, 0.05) is 18.5 Å². The lowest BCUT2D eigenvalue weighted by molar-refractivity contribution is -0.120. The van der Waals surface area contributed by atoms with E-state index in [4.69, 9.17) is 0 Å². The highest BCUT2D eigenvalue weighted by Crippen LogP contribution is 2.06. The first-order valence-corrected chi connectivity index (χ1v) is 7.89. The average Bonchev–Trinajstić information content (AvgIpc) is 2.59. The van der Waals surface area contributed by atoms with Crippen molar-refractivity contribution < 1.29 is 14.7 Å². The summed E-state index contributed by atoms with van der Waals surface area (Å²) in [6, 6.07) is 16.8. The summed E-state index contributed by atoms with van der Waals surface area (Å²) in [5, 5.41) is 15.1. The van der Waals surface area contributed by atoms with Crippen molar-refractivity contribution in [2.45, 2.75) is 19.4 Å². The van der Waals surface area contributed by atoms with Crippen LogP contribution < -0.4 is 10.6 Å². The molecule has 0 aliphatic carbocycles. The Labute approximate surface area is 141 Å². The summed E-state index contributed by atoms with van der Waals surface area (Å²) in [5.74, 6) is -0.614. The van der Waals surface area contributed by atoms with Crippen LogP contribution in [0.4, 0.5) is 0 Å². The number of hydrogen-bond acceptors (Lipinski definition) is 3. The largest absolute Gasteiger partial charge is 0.391 e. The lowest BCUT2D eigenvalue weighted by Crippen LogP contribution is -2.40. The number of carbonyl (C=O) groups is 2. The average molecular weight is 326 g/mol. The highest BCUT2D eigenvalue weighted by Gasteiger charge is 2.11. The molecule has 2 aromatic rings. The topological polar surface area (TPSA) is 78.4 Å². The summed E-state index contributed by atoms with van der Waals surface area (Å²) in [5.41, 5.74) is 2.41. The standard InChI is InChI=1S/C19H22N2O3/c1-14-7-5-6-10-17(14)19(24)21-13-18(23)20-12-16(22)11-15-8-3-2-4-9-15/h2-10,16,22H,11-13H2,1H3,(H,20,23)(H,21,24). The van der Waals surface area contributed by atoms with Gasteiger partial charge in [-0.15, -0.1) is 0 Å². The van der Waals surface area contributed by atoms with E-state index in [0.717, 1.165) is 11.1 Å². The zero-order valence-electron chi connectivity index (χ0n) is 13.7. The second-order valence-electron chi connectivity index (χ2n) is 5.65. The predicted molar refractivity (Wildman–Crippen MR) is 92.7 cm³/mol. The van der Waals surface area contributed by atoms with Crippen molar-refractivity contribution in [3.8, 4) is 0 Å².